The predicted octanol–water partition coefficient (Wildman–Crippen LogP) is 1.80. The zero-order valence-corrected chi connectivity index (χ0v) is 11.8. The number of rotatable bonds is 5. The smallest absolute Gasteiger partial charge is 0.293 e. The fraction of sp³-hybridized carbons (Fsp3) is 0.500. The van der Waals surface area contributed by atoms with Gasteiger partial charge in [-0.1, -0.05) is 0 Å². The van der Waals surface area contributed by atoms with E-state index in [4.69, 9.17) is 0 Å². The van der Waals surface area contributed by atoms with Crippen molar-refractivity contribution >= 4 is 17.7 Å². The molecule has 1 heterocycles. The van der Waals surface area contributed by atoms with Crippen molar-refractivity contribution < 1.29 is 9.72 Å². The Morgan fingerprint density at radius 3 is 2.85 bits per heavy atom. The normalized spacial score (nSPS) is 19.0. The average molecular weight is 277 g/mol. The summed E-state index contributed by atoms with van der Waals surface area (Å²) in [7, 11) is 3.95. The number of nitrogens with zero attached hydrogens (tertiary/aromatic N) is 3. The van der Waals surface area contributed by atoms with Gasteiger partial charge >= 0.3 is 0 Å². The average Bonchev–Trinajstić information content (AvgIpc) is 2.83. The molecule has 108 valence electrons. The van der Waals surface area contributed by atoms with Gasteiger partial charge in [-0.3, -0.25) is 14.9 Å². The van der Waals surface area contributed by atoms with E-state index in [-0.39, 0.29) is 5.69 Å². The molecule has 6 heteroatoms. The number of likely N-dealkylation sites (tertiary alicyclic amines) is 1. The van der Waals surface area contributed by atoms with E-state index >= 15 is 0 Å². The van der Waals surface area contributed by atoms with Crippen molar-refractivity contribution in [3.05, 3.63) is 33.9 Å². The summed E-state index contributed by atoms with van der Waals surface area (Å²) in [6.45, 7) is 2.88. The van der Waals surface area contributed by atoms with Crippen LogP contribution in [-0.2, 0) is 0 Å². The lowest BCUT2D eigenvalue weighted by Crippen LogP contribution is -2.27. The molecule has 0 aliphatic carbocycles. The second-order valence-electron chi connectivity index (χ2n) is 5.42. The quantitative estimate of drug-likeness (QED) is 0.466. The maximum Gasteiger partial charge on any atom is 0.293 e. The first-order chi connectivity index (χ1) is 9.51. The van der Waals surface area contributed by atoms with Gasteiger partial charge in [-0.2, -0.15) is 0 Å². The summed E-state index contributed by atoms with van der Waals surface area (Å²) in [5.41, 5.74) is 0.882. The monoisotopic (exact) mass is 277 g/mol. The van der Waals surface area contributed by atoms with Crippen LogP contribution >= 0.6 is 0 Å². The van der Waals surface area contributed by atoms with E-state index in [9.17, 15) is 14.9 Å². The highest BCUT2D eigenvalue weighted by Gasteiger charge is 2.24. The van der Waals surface area contributed by atoms with Crippen LogP contribution in [0.1, 0.15) is 16.8 Å². The van der Waals surface area contributed by atoms with E-state index in [2.05, 4.69) is 11.9 Å². The number of nitro benzene ring substituents is 1. The largest absolute Gasteiger partial charge is 0.369 e. The molecule has 1 aromatic carbocycles. The van der Waals surface area contributed by atoms with Crippen LogP contribution < -0.4 is 4.90 Å². The Hall–Kier alpha value is -1.95. The number of benzene rings is 1. The molecule has 1 aliphatic heterocycles. The number of hydrogen-bond acceptors (Lipinski definition) is 5. The zero-order valence-electron chi connectivity index (χ0n) is 11.8. The molecule has 2 rings (SSSR count). The van der Waals surface area contributed by atoms with Gasteiger partial charge in [0, 0.05) is 31.8 Å². The Balaban J connectivity index is 2.18. The molecule has 1 unspecified atom stereocenters. The van der Waals surface area contributed by atoms with Crippen LogP contribution in [0.25, 0.3) is 0 Å². The van der Waals surface area contributed by atoms with Crippen molar-refractivity contribution in [3.63, 3.8) is 0 Å². The Bertz CT molecular complexity index is 518. The van der Waals surface area contributed by atoms with E-state index < -0.39 is 4.92 Å². The molecule has 1 atom stereocenters. The highest BCUT2D eigenvalue weighted by atomic mass is 16.6. The Morgan fingerprint density at radius 2 is 2.30 bits per heavy atom. The molecule has 6 nitrogen and oxygen atoms in total. The molecule has 0 N–H and O–H groups in total. The number of anilines is 1. The first-order valence-electron chi connectivity index (χ1n) is 6.64. The summed E-state index contributed by atoms with van der Waals surface area (Å²) in [5.74, 6) is 0.523. The van der Waals surface area contributed by atoms with Gasteiger partial charge in [0.05, 0.1) is 4.92 Å². The van der Waals surface area contributed by atoms with E-state index in [1.54, 1.807) is 12.1 Å². The van der Waals surface area contributed by atoms with Crippen LogP contribution in [0.5, 0.6) is 0 Å². The topological polar surface area (TPSA) is 66.7 Å². The maximum atomic E-state index is 11.1. The first-order valence-corrected chi connectivity index (χ1v) is 6.64. The second kappa shape index (κ2) is 6.00. The van der Waals surface area contributed by atoms with Gasteiger partial charge in [-0.15, -0.1) is 0 Å². The van der Waals surface area contributed by atoms with Gasteiger partial charge in [0.1, 0.15) is 12.0 Å². The Labute approximate surface area is 118 Å². The molecule has 1 saturated heterocycles. The number of carbonyl (C=O) groups excluding carboxylic acids is 1. The minimum Gasteiger partial charge on any atom is -0.369 e. The number of hydrogen-bond donors (Lipinski definition) is 0. The summed E-state index contributed by atoms with van der Waals surface area (Å²) in [5, 5.41) is 11.1. The second-order valence-corrected chi connectivity index (χ2v) is 5.42. The summed E-state index contributed by atoms with van der Waals surface area (Å²) in [4.78, 5) is 25.6. The van der Waals surface area contributed by atoms with Crippen molar-refractivity contribution in [3.8, 4) is 0 Å². The lowest BCUT2D eigenvalue weighted by Gasteiger charge is -2.23. The van der Waals surface area contributed by atoms with Crippen LogP contribution in [-0.4, -0.2) is 49.8 Å². The third-order valence-corrected chi connectivity index (χ3v) is 3.76. The van der Waals surface area contributed by atoms with Gasteiger partial charge in [0.2, 0.25) is 0 Å². The Kier molecular flexibility index (Phi) is 4.34. The maximum absolute atomic E-state index is 11.1. The first kappa shape index (κ1) is 14.5. The van der Waals surface area contributed by atoms with Gasteiger partial charge in [-0.05, 0) is 38.1 Å². The minimum atomic E-state index is -0.431. The molecule has 0 aromatic heterocycles. The fourth-order valence-electron chi connectivity index (χ4n) is 2.74. The molecule has 0 saturated carbocycles. The van der Waals surface area contributed by atoms with E-state index in [1.807, 2.05) is 11.9 Å². The van der Waals surface area contributed by atoms with Crippen LogP contribution in [0.4, 0.5) is 11.4 Å². The third kappa shape index (κ3) is 3.14. The van der Waals surface area contributed by atoms with Gasteiger partial charge < -0.3 is 9.80 Å². The lowest BCUT2D eigenvalue weighted by atomic mass is 10.1. The van der Waals surface area contributed by atoms with Crippen LogP contribution in [0, 0.1) is 16.0 Å². The Morgan fingerprint density at radius 1 is 1.55 bits per heavy atom. The molecule has 1 fully saturated rings. The van der Waals surface area contributed by atoms with Crippen molar-refractivity contribution in [1.82, 2.24) is 4.90 Å². The fourth-order valence-corrected chi connectivity index (χ4v) is 2.74. The molecule has 0 amide bonds. The lowest BCUT2D eigenvalue weighted by molar-refractivity contribution is -0.384. The summed E-state index contributed by atoms with van der Waals surface area (Å²) < 4.78 is 0. The number of nitro groups is 1. The van der Waals surface area contributed by atoms with Crippen molar-refractivity contribution in [2.75, 3.05) is 38.6 Å². The summed E-state index contributed by atoms with van der Waals surface area (Å²) >= 11 is 0. The third-order valence-electron chi connectivity index (χ3n) is 3.76. The molecule has 0 bridgehead atoms. The standard InChI is InChI=1S/C14H19N3O3/c1-15-6-5-12(8-15)9-16(2)13-4-3-11(10-18)7-14(13)17(19)20/h3-4,7,10,12H,5-6,8-9H2,1-2H3. The number of carbonyl (C=O) groups is 1. The molecule has 0 spiro atoms. The van der Waals surface area contributed by atoms with Crippen molar-refractivity contribution in [1.29, 1.82) is 0 Å². The van der Waals surface area contributed by atoms with E-state index in [0.29, 0.717) is 23.5 Å². The van der Waals surface area contributed by atoms with Crippen molar-refractivity contribution in [2.24, 2.45) is 5.92 Å². The van der Waals surface area contributed by atoms with Crippen molar-refractivity contribution in [2.45, 2.75) is 6.42 Å². The molecular formula is C14H19N3O3. The van der Waals surface area contributed by atoms with Crippen LogP contribution in [0.15, 0.2) is 18.2 Å². The SMILES string of the molecule is CN1CCC(CN(C)c2ccc(C=O)cc2[N+](=O)[O-])C1. The predicted molar refractivity (Wildman–Crippen MR) is 77.4 cm³/mol. The highest BCUT2D eigenvalue weighted by Crippen LogP contribution is 2.29. The minimum absolute atomic E-state index is 0.0107. The van der Waals surface area contributed by atoms with E-state index in [0.717, 1.165) is 26.1 Å². The van der Waals surface area contributed by atoms with E-state index in [1.165, 1.54) is 6.07 Å². The zero-order chi connectivity index (χ0) is 14.7. The molecule has 0 radical (unpaired) electrons. The number of aldehydes is 1. The van der Waals surface area contributed by atoms with Gasteiger partial charge in [0.15, 0.2) is 0 Å². The highest BCUT2D eigenvalue weighted by molar-refractivity contribution is 5.79. The van der Waals surface area contributed by atoms with Gasteiger partial charge in [0.25, 0.3) is 5.69 Å². The molecule has 1 aromatic rings. The summed E-state index contributed by atoms with van der Waals surface area (Å²) in [6.07, 6.45) is 1.74. The van der Waals surface area contributed by atoms with Crippen LogP contribution in [0.2, 0.25) is 0 Å². The van der Waals surface area contributed by atoms with Gasteiger partial charge in [-0.25, -0.2) is 0 Å². The summed E-state index contributed by atoms with van der Waals surface area (Å²) in [6, 6.07) is 4.60. The van der Waals surface area contributed by atoms with Crippen LogP contribution in [0.3, 0.4) is 0 Å². The molecule has 20 heavy (non-hydrogen) atoms. The molecule has 1 aliphatic rings. The molecular weight excluding hydrogens is 258 g/mol.